The quantitative estimate of drug-likeness (QED) is 0.695. The summed E-state index contributed by atoms with van der Waals surface area (Å²) < 4.78 is 2.31. The smallest absolute Gasteiger partial charge is 0.230 e. The normalized spacial score (nSPS) is 17.9. The van der Waals surface area contributed by atoms with Crippen LogP contribution < -0.4 is 5.32 Å². The Morgan fingerprint density at radius 2 is 1.72 bits per heavy atom. The van der Waals surface area contributed by atoms with Crippen molar-refractivity contribution < 1.29 is 4.79 Å². The van der Waals surface area contributed by atoms with Crippen LogP contribution in [-0.2, 0) is 10.3 Å². The molecule has 148 valence electrons. The molecule has 1 saturated heterocycles. The van der Waals surface area contributed by atoms with E-state index in [1.165, 1.54) is 17.1 Å². The third kappa shape index (κ3) is 2.94. The molecule has 1 aromatic heterocycles. The highest BCUT2D eigenvalue weighted by Gasteiger charge is 2.42. The maximum atomic E-state index is 13.3. The second-order valence-corrected chi connectivity index (χ2v) is 8.18. The summed E-state index contributed by atoms with van der Waals surface area (Å²) in [6, 6.07) is 23.0. The van der Waals surface area contributed by atoms with Crippen molar-refractivity contribution in [1.29, 1.82) is 0 Å². The van der Waals surface area contributed by atoms with Gasteiger partial charge in [-0.2, -0.15) is 0 Å². The van der Waals surface area contributed by atoms with Crippen LogP contribution in [0, 0.1) is 0 Å². The highest BCUT2D eigenvalue weighted by atomic mass is 16.2. The molecule has 4 heteroatoms. The van der Waals surface area contributed by atoms with Gasteiger partial charge in [0.2, 0.25) is 5.91 Å². The Balaban J connectivity index is 1.38. The van der Waals surface area contributed by atoms with Crippen LogP contribution in [0.4, 0.5) is 5.69 Å². The number of fused-ring (bicyclic) bond motifs is 4. The van der Waals surface area contributed by atoms with E-state index in [-0.39, 0.29) is 17.4 Å². The van der Waals surface area contributed by atoms with Gasteiger partial charge < -0.3 is 14.8 Å². The molecule has 0 saturated carbocycles. The number of likely N-dealkylation sites (tertiary alicyclic amines) is 1. The number of aromatic nitrogens is 1. The van der Waals surface area contributed by atoms with Crippen molar-refractivity contribution in [3.63, 3.8) is 0 Å². The van der Waals surface area contributed by atoms with Crippen LogP contribution >= 0.6 is 0 Å². The van der Waals surface area contributed by atoms with E-state index in [1.54, 1.807) is 0 Å². The molecule has 0 radical (unpaired) electrons. The van der Waals surface area contributed by atoms with E-state index in [0.29, 0.717) is 0 Å². The van der Waals surface area contributed by atoms with E-state index in [1.807, 2.05) is 18.2 Å². The first-order chi connectivity index (χ1) is 14.2. The van der Waals surface area contributed by atoms with Gasteiger partial charge in [-0.05, 0) is 49.1 Å². The van der Waals surface area contributed by atoms with Gasteiger partial charge in [-0.25, -0.2) is 0 Å². The Morgan fingerprint density at radius 1 is 1.00 bits per heavy atom. The number of amides is 1. The predicted molar refractivity (Wildman–Crippen MR) is 116 cm³/mol. The fourth-order valence-corrected chi connectivity index (χ4v) is 5.04. The number of piperidine rings is 1. The lowest BCUT2D eigenvalue weighted by molar-refractivity contribution is -0.134. The lowest BCUT2D eigenvalue weighted by atomic mass is 9.81. The fraction of sp³-hybridized carbons (Fsp3) is 0.320. The molecule has 1 amide bonds. The average Bonchev–Trinajstić information content (AvgIpc) is 3.27. The second-order valence-electron chi connectivity index (χ2n) is 8.18. The number of hydrogen-bond donors (Lipinski definition) is 1. The lowest BCUT2D eigenvalue weighted by Gasteiger charge is -2.46. The van der Waals surface area contributed by atoms with Crippen molar-refractivity contribution in [2.75, 3.05) is 18.4 Å². The summed E-state index contributed by atoms with van der Waals surface area (Å²) in [5.41, 5.74) is 4.69. The van der Waals surface area contributed by atoms with Gasteiger partial charge in [0.05, 0.1) is 22.8 Å². The van der Waals surface area contributed by atoms with Crippen LogP contribution in [0.25, 0.3) is 5.69 Å². The molecule has 1 fully saturated rings. The number of benzene rings is 2. The Bertz CT molecular complexity index is 1020. The predicted octanol–water partition coefficient (Wildman–Crippen LogP) is 4.91. The molecule has 5 rings (SSSR count). The molecule has 2 aliphatic heterocycles. The lowest BCUT2D eigenvalue weighted by Crippen LogP contribution is -2.51. The number of rotatable bonds is 3. The summed E-state index contributed by atoms with van der Waals surface area (Å²) in [5, 5.41) is 3.83. The van der Waals surface area contributed by atoms with Gasteiger partial charge in [0.25, 0.3) is 0 Å². The minimum atomic E-state index is -0.108. The van der Waals surface area contributed by atoms with Gasteiger partial charge >= 0.3 is 0 Å². The Labute approximate surface area is 172 Å². The van der Waals surface area contributed by atoms with Crippen LogP contribution in [0.1, 0.15) is 43.4 Å². The van der Waals surface area contributed by atoms with Crippen molar-refractivity contribution in [3.8, 4) is 5.69 Å². The van der Waals surface area contributed by atoms with E-state index in [9.17, 15) is 4.79 Å². The first kappa shape index (κ1) is 18.0. The molecule has 2 aliphatic rings. The van der Waals surface area contributed by atoms with E-state index in [0.717, 1.165) is 37.9 Å². The summed E-state index contributed by atoms with van der Waals surface area (Å²) in [6.07, 6.45) is 4.82. The first-order valence-electron chi connectivity index (χ1n) is 10.6. The highest BCUT2D eigenvalue weighted by molar-refractivity contribution is 5.84. The summed E-state index contributed by atoms with van der Waals surface area (Å²) in [5.74, 6) is 0.217. The van der Waals surface area contributed by atoms with Crippen LogP contribution in [0.3, 0.4) is 0 Å². The van der Waals surface area contributed by atoms with Crippen LogP contribution in [0.5, 0.6) is 0 Å². The molecule has 0 bridgehead atoms. The van der Waals surface area contributed by atoms with Gasteiger partial charge in [0.15, 0.2) is 0 Å². The van der Waals surface area contributed by atoms with Crippen molar-refractivity contribution in [1.82, 2.24) is 9.47 Å². The van der Waals surface area contributed by atoms with E-state index in [4.69, 9.17) is 0 Å². The van der Waals surface area contributed by atoms with Gasteiger partial charge in [-0.1, -0.05) is 49.4 Å². The maximum Gasteiger partial charge on any atom is 0.230 e. The fourth-order valence-electron chi connectivity index (χ4n) is 5.04. The van der Waals surface area contributed by atoms with Crippen molar-refractivity contribution in [2.45, 2.75) is 37.6 Å². The Kier molecular flexibility index (Phi) is 4.42. The van der Waals surface area contributed by atoms with Gasteiger partial charge in [-0.3, -0.25) is 4.79 Å². The number of anilines is 1. The van der Waals surface area contributed by atoms with E-state index in [2.05, 4.69) is 76.4 Å². The van der Waals surface area contributed by atoms with Gasteiger partial charge in [-0.15, -0.1) is 0 Å². The molecule has 1 atom stereocenters. The zero-order valence-electron chi connectivity index (χ0n) is 16.8. The summed E-state index contributed by atoms with van der Waals surface area (Å²) in [4.78, 5) is 15.4. The second kappa shape index (κ2) is 7.11. The molecule has 2 aromatic carbocycles. The molecule has 0 unspecified atom stereocenters. The number of para-hydroxylation sites is 2. The number of nitrogens with one attached hydrogen (secondary N) is 1. The van der Waals surface area contributed by atoms with Crippen LogP contribution in [-0.4, -0.2) is 28.5 Å². The average molecular weight is 386 g/mol. The van der Waals surface area contributed by atoms with Crippen LogP contribution in [0.15, 0.2) is 72.9 Å². The third-order valence-electron chi connectivity index (χ3n) is 6.61. The third-order valence-corrected chi connectivity index (χ3v) is 6.61. The summed E-state index contributed by atoms with van der Waals surface area (Å²) in [6.45, 7) is 3.67. The zero-order chi connectivity index (χ0) is 19.8. The monoisotopic (exact) mass is 385 g/mol. The zero-order valence-corrected chi connectivity index (χ0v) is 16.8. The molecule has 1 spiro atoms. The summed E-state index contributed by atoms with van der Waals surface area (Å²) in [7, 11) is 0. The molecule has 1 N–H and O–H groups in total. The standard InChI is InChI=1S/C25H27N3O/c1-2-20(19-9-4-3-5-10-19)24(29)27-17-14-25(15-18-27)23-13-8-16-28(23)22-12-7-6-11-21(22)26-25/h3-13,16,20,26H,2,14-15,17-18H2,1H3/t20-/m0/s1. The summed E-state index contributed by atoms with van der Waals surface area (Å²) >= 11 is 0. The number of carbonyl (C=O) groups excluding carboxylic acids is 1. The minimum Gasteiger partial charge on any atom is -0.372 e. The topological polar surface area (TPSA) is 37.3 Å². The highest BCUT2D eigenvalue weighted by Crippen LogP contribution is 2.43. The largest absolute Gasteiger partial charge is 0.372 e. The van der Waals surface area contributed by atoms with E-state index < -0.39 is 0 Å². The molecule has 3 heterocycles. The maximum absolute atomic E-state index is 13.3. The van der Waals surface area contributed by atoms with Crippen LogP contribution in [0.2, 0.25) is 0 Å². The SMILES string of the molecule is CC[C@H](C(=O)N1CCC2(CC1)Nc1ccccc1-n1cccc12)c1ccccc1. The molecule has 4 nitrogen and oxygen atoms in total. The van der Waals surface area contributed by atoms with Crippen molar-refractivity contribution in [2.24, 2.45) is 0 Å². The molecule has 29 heavy (non-hydrogen) atoms. The van der Waals surface area contributed by atoms with Gasteiger partial charge in [0, 0.05) is 25.0 Å². The number of nitrogens with zero attached hydrogens (tertiary/aromatic N) is 2. The minimum absolute atomic E-state index is 0.0471. The number of carbonyl (C=O) groups is 1. The molecular formula is C25H27N3O. The molecular weight excluding hydrogens is 358 g/mol. The molecule has 3 aromatic rings. The van der Waals surface area contributed by atoms with Gasteiger partial charge in [0.1, 0.15) is 0 Å². The first-order valence-corrected chi connectivity index (χ1v) is 10.6. The van der Waals surface area contributed by atoms with Crippen molar-refractivity contribution >= 4 is 11.6 Å². The Hall–Kier alpha value is -3.01. The Morgan fingerprint density at radius 3 is 2.48 bits per heavy atom. The molecule has 0 aliphatic carbocycles. The van der Waals surface area contributed by atoms with Crippen molar-refractivity contribution in [3.05, 3.63) is 84.2 Å². The van der Waals surface area contributed by atoms with E-state index >= 15 is 0 Å². The number of hydrogen-bond acceptors (Lipinski definition) is 2.